The van der Waals surface area contributed by atoms with Gasteiger partial charge >= 0.3 is 0 Å². The number of hydrogen-bond acceptors (Lipinski definition) is 3. The second kappa shape index (κ2) is 4.82. The van der Waals surface area contributed by atoms with Crippen LogP contribution in [0, 0.1) is 0 Å². The van der Waals surface area contributed by atoms with Gasteiger partial charge in [0.25, 0.3) is 0 Å². The summed E-state index contributed by atoms with van der Waals surface area (Å²) >= 11 is 3.49. The molecule has 0 aromatic heterocycles. The van der Waals surface area contributed by atoms with Crippen molar-refractivity contribution in [1.82, 2.24) is 0 Å². The molecule has 0 atom stereocenters. The average Bonchev–Trinajstić information content (AvgIpc) is 2.84. The lowest BCUT2D eigenvalue weighted by Gasteiger charge is -2.27. The van der Waals surface area contributed by atoms with E-state index < -0.39 is 0 Å². The van der Waals surface area contributed by atoms with Gasteiger partial charge in [-0.3, -0.25) is 0 Å². The van der Waals surface area contributed by atoms with Gasteiger partial charge in [-0.1, -0.05) is 72.4 Å². The summed E-state index contributed by atoms with van der Waals surface area (Å²) in [6.45, 7) is 2.07. The Morgan fingerprint density at radius 2 is 1.33 bits per heavy atom. The molecule has 0 bridgehead atoms. The van der Waals surface area contributed by atoms with Gasteiger partial charge in [-0.25, -0.2) is 4.40 Å². The minimum Gasteiger partial charge on any atom is -0.212 e. The molecule has 0 saturated carbocycles. The Balaban J connectivity index is 2.12. The third kappa shape index (κ3) is 1.98. The van der Waals surface area contributed by atoms with Gasteiger partial charge in [0.05, 0.1) is 5.04 Å². The number of rotatable bonds is 2. The van der Waals surface area contributed by atoms with Crippen LogP contribution in [0.25, 0.3) is 0 Å². The minimum atomic E-state index is -0.118. The Kier molecular flexibility index (Phi) is 3.18. The molecule has 1 aliphatic rings. The van der Waals surface area contributed by atoms with Crippen molar-refractivity contribution in [2.45, 2.75) is 11.0 Å². The van der Waals surface area contributed by atoms with Gasteiger partial charge in [0.2, 0.25) is 0 Å². The highest BCUT2D eigenvalue weighted by Gasteiger charge is 2.40. The zero-order valence-corrected chi connectivity index (χ0v) is 11.7. The van der Waals surface area contributed by atoms with Crippen molar-refractivity contribution in [3.8, 4) is 0 Å². The van der Waals surface area contributed by atoms with Crippen LogP contribution in [0.4, 0.5) is 0 Å². The summed E-state index contributed by atoms with van der Waals surface area (Å²) in [5, 5.41) is 1.13. The molecule has 0 spiro atoms. The van der Waals surface area contributed by atoms with Crippen molar-refractivity contribution < 1.29 is 0 Å². The van der Waals surface area contributed by atoms with E-state index in [2.05, 4.69) is 72.0 Å². The molecule has 90 valence electrons. The Morgan fingerprint density at radius 1 is 0.833 bits per heavy atom. The smallest absolute Gasteiger partial charge is 0.138 e. The minimum absolute atomic E-state index is 0.118. The van der Waals surface area contributed by atoms with Crippen LogP contribution in [0.2, 0.25) is 0 Å². The Hall–Kier alpha value is -1.19. The number of nitrogens with zero attached hydrogens (tertiary/aromatic N) is 1. The van der Waals surface area contributed by atoms with Crippen LogP contribution in [0.1, 0.15) is 18.1 Å². The van der Waals surface area contributed by atoms with Crippen molar-refractivity contribution in [3.05, 3.63) is 71.8 Å². The van der Waals surface area contributed by atoms with E-state index in [1.807, 2.05) is 11.8 Å². The van der Waals surface area contributed by atoms with Crippen molar-refractivity contribution >= 4 is 28.8 Å². The first-order chi connectivity index (χ1) is 8.81. The van der Waals surface area contributed by atoms with E-state index in [0.717, 1.165) is 5.04 Å². The molecule has 0 fully saturated rings. The first kappa shape index (κ1) is 11.9. The molecular formula is C15H13NS2. The van der Waals surface area contributed by atoms with Gasteiger partial charge in [0, 0.05) is 11.9 Å². The van der Waals surface area contributed by atoms with E-state index in [9.17, 15) is 0 Å². The quantitative estimate of drug-likeness (QED) is 0.734. The van der Waals surface area contributed by atoms with E-state index in [4.69, 9.17) is 0 Å². The number of hydrogen-bond donors (Lipinski definition) is 0. The molecule has 1 aliphatic heterocycles. The fraction of sp³-hybridized carbons (Fsp3) is 0.133. The first-order valence-electron chi connectivity index (χ1n) is 5.84. The van der Waals surface area contributed by atoms with Gasteiger partial charge in [0.15, 0.2) is 0 Å². The molecule has 1 nitrogen and oxygen atoms in total. The Morgan fingerprint density at radius 3 is 1.72 bits per heavy atom. The average molecular weight is 271 g/mol. The lowest BCUT2D eigenvalue weighted by molar-refractivity contribution is 1.08. The summed E-state index contributed by atoms with van der Waals surface area (Å²) in [6, 6.07) is 21.2. The molecule has 3 heteroatoms. The second-order valence-electron chi connectivity index (χ2n) is 4.15. The standard InChI is InChI=1S/C15H13NS2/c1-12-16-18-15(17-12,13-8-4-2-5-9-13)14-10-6-3-7-11-14/h2-11H,1H3. The largest absolute Gasteiger partial charge is 0.212 e. The highest BCUT2D eigenvalue weighted by atomic mass is 32.2. The van der Waals surface area contributed by atoms with Crippen LogP contribution in [-0.4, -0.2) is 5.04 Å². The summed E-state index contributed by atoms with van der Waals surface area (Å²) in [4.78, 5) is 0. The van der Waals surface area contributed by atoms with E-state index in [-0.39, 0.29) is 4.08 Å². The van der Waals surface area contributed by atoms with E-state index >= 15 is 0 Å². The van der Waals surface area contributed by atoms with Crippen molar-refractivity contribution in [2.24, 2.45) is 4.40 Å². The lowest BCUT2D eigenvalue weighted by atomic mass is 10.0. The Bertz CT molecular complexity index is 524. The second-order valence-corrected chi connectivity index (χ2v) is 6.80. The zero-order valence-electron chi connectivity index (χ0n) is 10.0. The maximum absolute atomic E-state index is 4.54. The third-order valence-corrected chi connectivity index (χ3v) is 5.73. The molecule has 0 saturated heterocycles. The fourth-order valence-electron chi connectivity index (χ4n) is 2.08. The van der Waals surface area contributed by atoms with Crippen LogP contribution >= 0.6 is 23.7 Å². The summed E-state index contributed by atoms with van der Waals surface area (Å²) in [6.07, 6.45) is 0. The molecule has 0 unspecified atom stereocenters. The third-order valence-electron chi connectivity index (χ3n) is 2.90. The van der Waals surface area contributed by atoms with Crippen LogP contribution in [0.15, 0.2) is 65.1 Å². The maximum Gasteiger partial charge on any atom is 0.138 e. The van der Waals surface area contributed by atoms with E-state index in [0.29, 0.717) is 0 Å². The highest BCUT2D eigenvalue weighted by molar-refractivity contribution is 8.28. The predicted octanol–water partition coefficient (Wildman–Crippen LogP) is 4.70. The molecule has 0 radical (unpaired) electrons. The molecule has 0 amide bonds. The molecule has 0 N–H and O–H groups in total. The van der Waals surface area contributed by atoms with Gasteiger partial charge in [-0.2, -0.15) is 0 Å². The summed E-state index contributed by atoms with van der Waals surface area (Å²) in [7, 11) is 0. The van der Waals surface area contributed by atoms with Gasteiger partial charge in [-0.05, 0) is 18.1 Å². The van der Waals surface area contributed by atoms with Crippen LogP contribution in [-0.2, 0) is 4.08 Å². The van der Waals surface area contributed by atoms with Crippen LogP contribution in [0.3, 0.4) is 0 Å². The van der Waals surface area contributed by atoms with Gasteiger partial charge < -0.3 is 0 Å². The SMILES string of the molecule is CC1=NSC(c2ccccc2)(c2ccccc2)S1. The van der Waals surface area contributed by atoms with Crippen molar-refractivity contribution in [1.29, 1.82) is 0 Å². The summed E-state index contributed by atoms with van der Waals surface area (Å²) in [5.74, 6) is 0. The van der Waals surface area contributed by atoms with Crippen LogP contribution < -0.4 is 0 Å². The zero-order chi connectivity index (χ0) is 12.4. The molecule has 2 aromatic rings. The van der Waals surface area contributed by atoms with E-state index in [1.54, 1.807) is 11.9 Å². The molecule has 18 heavy (non-hydrogen) atoms. The monoisotopic (exact) mass is 271 g/mol. The molecule has 1 heterocycles. The lowest BCUT2D eigenvalue weighted by Crippen LogP contribution is -2.17. The van der Waals surface area contributed by atoms with Crippen molar-refractivity contribution in [2.75, 3.05) is 0 Å². The molecule has 0 aliphatic carbocycles. The maximum atomic E-state index is 4.54. The fourth-order valence-corrected chi connectivity index (χ4v) is 4.63. The van der Waals surface area contributed by atoms with E-state index in [1.165, 1.54) is 11.1 Å². The molecule has 2 aromatic carbocycles. The normalized spacial score (nSPS) is 17.5. The predicted molar refractivity (Wildman–Crippen MR) is 82.0 cm³/mol. The van der Waals surface area contributed by atoms with Crippen molar-refractivity contribution in [3.63, 3.8) is 0 Å². The first-order valence-corrected chi connectivity index (χ1v) is 7.43. The van der Waals surface area contributed by atoms with Gasteiger partial charge in [0.1, 0.15) is 4.08 Å². The molecular weight excluding hydrogens is 258 g/mol. The summed E-state index contributed by atoms with van der Waals surface area (Å²) in [5.41, 5.74) is 2.60. The topological polar surface area (TPSA) is 12.4 Å². The molecule has 3 rings (SSSR count). The Labute approximate surface area is 116 Å². The van der Waals surface area contributed by atoms with Gasteiger partial charge in [-0.15, -0.1) is 0 Å². The summed E-state index contributed by atoms with van der Waals surface area (Å²) < 4.78 is 4.42. The number of benzene rings is 2. The highest BCUT2D eigenvalue weighted by Crippen LogP contribution is 2.56. The van der Waals surface area contributed by atoms with Crippen LogP contribution in [0.5, 0.6) is 0 Å². The number of thioether (sulfide) groups is 1.